The Bertz CT molecular complexity index is 453. The van der Waals surface area contributed by atoms with E-state index in [1.54, 1.807) is 0 Å². The number of rotatable bonds is 4. The lowest BCUT2D eigenvalue weighted by Gasteiger charge is -2.27. The Balaban J connectivity index is 1.70. The third kappa shape index (κ3) is 4.23. The second-order valence-electron chi connectivity index (χ2n) is 5.50. The van der Waals surface area contributed by atoms with Crippen molar-refractivity contribution in [2.75, 3.05) is 32.7 Å². The second kappa shape index (κ2) is 7.29. The van der Waals surface area contributed by atoms with Gasteiger partial charge in [0.2, 0.25) is 0 Å². The summed E-state index contributed by atoms with van der Waals surface area (Å²) in [4.78, 5) is 13.8. The van der Waals surface area contributed by atoms with Gasteiger partial charge >= 0.3 is 6.03 Å². The molecule has 1 aliphatic heterocycles. The average Bonchev–Trinajstić information content (AvgIpc) is 2.47. The lowest BCUT2D eigenvalue weighted by Crippen LogP contribution is -2.50. The van der Waals surface area contributed by atoms with E-state index in [0.29, 0.717) is 0 Å². The molecular formula is C16H25N3O. The maximum absolute atomic E-state index is 11.9. The number of amides is 2. The molecule has 0 aromatic heterocycles. The lowest BCUT2D eigenvalue weighted by molar-refractivity contribution is 0.190. The Morgan fingerprint density at radius 1 is 1.30 bits per heavy atom. The van der Waals surface area contributed by atoms with Crippen LogP contribution in [0.4, 0.5) is 4.79 Å². The number of hydrogen-bond donors (Lipinski definition) is 2. The molecule has 0 atom stereocenters. The van der Waals surface area contributed by atoms with Gasteiger partial charge in [-0.25, -0.2) is 4.79 Å². The van der Waals surface area contributed by atoms with Crippen molar-refractivity contribution >= 4 is 6.03 Å². The molecule has 2 rings (SSSR count). The fourth-order valence-corrected chi connectivity index (χ4v) is 2.52. The van der Waals surface area contributed by atoms with Gasteiger partial charge in [0.25, 0.3) is 0 Å². The van der Waals surface area contributed by atoms with Gasteiger partial charge in [0, 0.05) is 32.7 Å². The van der Waals surface area contributed by atoms with Crippen molar-refractivity contribution in [1.29, 1.82) is 0 Å². The highest BCUT2D eigenvalue weighted by Crippen LogP contribution is 2.12. The molecule has 0 bridgehead atoms. The molecule has 0 radical (unpaired) electrons. The Hall–Kier alpha value is -1.55. The van der Waals surface area contributed by atoms with E-state index in [1.165, 1.54) is 16.7 Å². The summed E-state index contributed by atoms with van der Waals surface area (Å²) in [6.07, 6.45) is 2.01. The number of aryl methyl sites for hydroxylation is 3. The topological polar surface area (TPSA) is 44.4 Å². The molecular weight excluding hydrogens is 250 g/mol. The van der Waals surface area contributed by atoms with Gasteiger partial charge in [-0.3, -0.25) is 0 Å². The molecule has 2 amide bonds. The quantitative estimate of drug-likeness (QED) is 0.824. The number of carbonyl (C=O) groups is 1. The standard InChI is InChI=1S/C16H25N3O/c1-13-5-6-14(2)15(12-13)4-3-7-18-16(20)19-10-8-17-9-11-19/h5-6,12,17H,3-4,7-11H2,1-2H3,(H,18,20). The van der Waals surface area contributed by atoms with Crippen LogP contribution >= 0.6 is 0 Å². The van der Waals surface area contributed by atoms with Crippen LogP contribution < -0.4 is 10.6 Å². The summed E-state index contributed by atoms with van der Waals surface area (Å²) in [5.74, 6) is 0. The summed E-state index contributed by atoms with van der Waals surface area (Å²) in [5, 5.41) is 6.26. The first-order chi connectivity index (χ1) is 9.66. The van der Waals surface area contributed by atoms with E-state index in [0.717, 1.165) is 45.6 Å². The zero-order valence-electron chi connectivity index (χ0n) is 12.5. The number of urea groups is 1. The van der Waals surface area contributed by atoms with E-state index in [4.69, 9.17) is 0 Å². The fourth-order valence-electron chi connectivity index (χ4n) is 2.52. The van der Waals surface area contributed by atoms with Gasteiger partial charge in [-0.15, -0.1) is 0 Å². The summed E-state index contributed by atoms with van der Waals surface area (Å²) in [6.45, 7) is 8.43. The van der Waals surface area contributed by atoms with E-state index in [9.17, 15) is 4.79 Å². The van der Waals surface area contributed by atoms with Crippen molar-refractivity contribution < 1.29 is 4.79 Å². The average molecular weight is 275 g/mol. The number of benzene rings is 1. The first-order valence-corrected chi connectivity index (χ1v) is 7.46. The van der Waals surface area contributed by atoms with Crippen LogP contribution in [0.1, 0.15) is 23.1 Å². The van der Waals surface area contributed by atoms with Crippen LogP contribution in [-0.4, -0.2) is 43.7 Å². The van der Waals surface area contributed by atoms with E-state index < -0.39 is 0 Å². The van der Waals surface area contributed by atoms with Crippen molar-refractivity contribution in [3.8, 4) is 0 Å². The Morgan fingerprint density at radius 2 is 2.05 bits per heavy atom. The highest BCUT2D eigenvalue weighted by Gasteiger charge is 2.14. The molecule has 1 aliphatic rings. The predicted octanol–water partition coefficient (Wildman–Crippen LogP) is 1.85. The molecule has 110 valence electrons. The summed E-state index contributed by atoms with van der Waals surface area (Å²) in [7, 11) is 0. The lowest BCUT2D eigenvalue weighted by atomic mass is 10.0. The van der Waals surface area contributed by atoms with Gasteiger partial charge < -0.3 is 15.5 Å². The molecule has 0 aliphatic carbocycles. The number of piperazine rings is 1. The maximum Gasteiger partial charge on any atom is 0.317 e. The summed E-state index contributed by atoms with van der Waals surface area (Å²) in [6, 6.07) is 6.63. The van der Waals surface area contributed by atoms with Crippen LogP contribution in [0.2, 0.25) is 0 Å². The molecule has 1 aromatic carbocycles. The summed E-state index contributed by atoms with van der Waals surface area (Å²) >= 11 is 0. The molecule has 2 N–H and O–H groups in total. The highest BCUT2D eigenvalue weighted by atomic mass is 16.2. The smallest absolute Gasteiger partial charge is 0.317 e. The van der Waals surface area contributed by atoms with E-state index in [1.807, 2.05) is 4.90 Å². The third-order valence-corrected chi connectivity index (χ3v) is 3.81. The largest absolute Gasteiger partial charge is 0.338 e. The maximum atomic E-state index is 11.9. The van der Waals surface area contributed by atoms with Crippen LogP contribution in [0.5, 0.6) is 0 Å². The molecule has 1 saturated heterocycles. The number of carbonyl (C=O) groups excluding carboxylic acids is 1. The number of hydrogen-bond acceptors (Lipinski definition) is 2. The van der Waals surface area contributed by atoms with Gasteiger partial charge in [-0.05, 0) is 37.8 Å². The monoisotopic (exact) mass is 275 g/mol. The minimum Gasteiger partial charge on any atom is -0.338 e. The van der Waals surface area contributed by atoms with Crippen LogP contribution in [0.3, 0.4) is 0 Å². The highest BCUT2D eigenvalue weighted by molar-refractivity contribution is 5.74. The molecule has 1 aromatic rings. The molecule has 20 heavy (non-hydrogen) atoms. The number of nitrogens with zero attached hydrogens (tertiary/aromatic N) is 1. The van der Waals surface area contributed by atoms with E-state index in [-0.39, 0.29) is 6.03 Å². The Labute approximate surface area is 121 Å². The van der Waals surface area contributed by atoms with Crippen molar-refractivity contribution in [3.05, 3.63) is 34.9 Å². The summed E-state index contributed by atoms with van der Waals surface area (Å²) < 4.78 is 0. The van der Waals surface area contributed by atoms with E-state index in [2.05, 4.69) is 42.7 Å². The third-order valence-electron chi connectivity index (χ3n) is 3.81. The molecule has 0 saturated carbocycles. The minimum atomic E-state index is 0.0764. The first kappa shape index (κ1) is 14.9. The van der Waals surface area contributed by atoms with Crippen LogP contribution in [-0.2, 0) is 6.42 Å². The number of nitrogens with one attached hydrogen (secondary N) is 2. The van der Waals surface area contributed by atoms with Crippen LogP contribution in [0.25, 0.3) is 0 Å². The molecule has 1 heterocycles. The van der Waals surface area contributed by atoms with Crippen molar-refractivity contribution in [1.82, 2.24) is 15.5 Å². The van der Waals surface area contributed by atoms with E-state index >= 15 is 0 Å². The predicted molar refractivity (Wildman–Crippen MR) is 82.1 cm³/mol. The second-order valence-corrected chi connectivity index (χ2v) is 5.50. The molecule has 0 unspecified atom stereocenters. The Morgan fingerprint density at radius 3 is 2.80 bits per heavy atom. The SMILES string of the molecule is Cc1ccc(C)c(CCCNC(=O)N2CCNCC2)c1. The van der Waals surface area contributed by atoms with Crippen molar-refractivity contribution in [2.24, 2.45) is 0 Å². The van der Waals surface area contributed by atoms with Crippen LogP contribution in [0, 0.1) is 13.8 Å². The fraction of sp³-hybridized carbons (Fsp3) is 0.562. The van der Waals surface area contributed by atoms with Gasteiger partial charge in [0.05, 0.1) is 0 Å². The van der Waals surface area contributed by atoms with Gasteiger partial charge in [-0.2, -0.15) is 0 Å². The van der Waals surface area contributed by atoms with Gasteiger partial charge in [0.1, 0.15) is 0 Å². The van der Waals surface area contributed by atoms with Gasteiger partial charge in [-0.1, -0.05) is 23.8 Å². The zero-order chi connectivity index (χ0) is 14.4. The Kier molecular flexibility index (Phi) is 5.41. The van der Waals surface area contributed by atoms with Crippen molar-refractivity contribution in [3.63, 3.8) is 0 Å². The summed E-state index contributed by atoms with van der Waals surface area (Å²) in [5.41, 5.74) is 4.03. The van der Waals surface area contributed by atoms with Gasteiger partial charge in [0.15, 0.2) is 0 Å². The van der Waals surface area contributed by atoms with Crippen molar-refractivity contribution in [2.45, 2.75) is 26.7 Å². The first-order valence-electron chi connectivity index (χ1n) is 7.46. The minimum absolute atomic E-state index is 0.0764. The normalized spacial score (nSPS) is 15.2. The molecule has 4 heteroatoms. The molecule has 4 nitrogen and oxygen atoms in total. The molecule has 1 fully saturated rings. The zero-order valence-corrected chi connectivity index (χ0v) is 12.5. The molecule has 0 spiro atoms. The van der Waals surface area contributed by atoms with Crippen LogP contribution in [0.15, 0.2) is 18.2 Å².